The van der Waals surface area contributed by atoms with Gasteiger partial charge in [-0.3, -0.25) is 9.59 Å². The molecule has 2 aromatic carbocycles. The average molecular weight is 472 g/mol. The number of benzene rings is 2. The van der Waals surface area contributed by atoms with Gasteiger partial charge in [0.05, 0.1) is 10.0 Å². The molecule has 0 aromatic heterocycles. The van der Waals surface area contributed by atoms with E-state index in [1.54, 1.807) is 49.4 Å². The predicted octanol–water partition coefficient (Wildman–Crippen LogP) is 5.36. The molecule has 162 valence electrons. The molecule has 1 N–H and O–H groups in total. The molecule has 0 aliphatic heterocycles. The highest BCUT2D eigenvalue weighted by molar-refractivity contribution is 6.42. The van der Waals surface area contributed by atoms with Crippen molar-refractivity contribution in [3.63, 3.8) is 0 Å². The SMILES string of the molecule is C[C@H](C(=O)NC(C)(C)C)N(Cc1ccc(Cl)c(Cl)c1)C(=O)COc1cccc(Cl)c1. The van der Waals surface area contributed by atoms with Crippen molar-refractivity contribution in [1.82, 2.24) is 10.2 Å². The van der Waals surface area contributed by atoms with Gasteiger partial charge >= 0.3 is 0 Å². The van der Waals surface area contributed by atoms with Crippen LogP contribution in [0.3, 0.4) is 0 Å². The molecule has 0 radical (unpaired) electrons. The molecule has 0 fully saturated rings. The first-order valence-corrected chi connectivity index (χ1v) is 10.5. The summed E-state index contributed by atoms with van der Waals surface area (Å²) in [6.07, 6.45) is 0. The third-order valence-corrected chi connectivity index (χ3v) is 5.13. The van der Waals surface area contributed by atoms with Crippen molar-refractivity contribution in [1.29, 1.82) is 0 Å². The van der Waals surface area contributed by atoms with Gasteiger partial charge in [-0.15, -0.1) is 0 Å². The van der Waals surface area contributed by atoms with Crippen LogP contribution in [0.2, 0.25) is 15.1 Å². The molecule has 0 saturated heterocycles. The van der Waals surface area contributed by atoms with Gasteiger partial charge in [-0.25, -0.2) is 0 Å². The van der Waals surface area contributed by atoms with Gasteiger partial charge < -0.3 is 15.0 Å². The third-order valence-electron chi connectivity index (χ3n) is 4.16. The van der Waals surface area contributed by atoms with Crippen LogP contribution in [-0.2, 0) is 16.1 Å². The first-order chi connectivity index (χ1) is 14.0. The Kier molecular flexibility index (Phi) is 8.42. The van der Waals surface area contributed by atoms with E-state index in [1.807, 2.05) is 20.8 Å². The molecule has 1 atom stereocenters. The Morgan fingerprint density at radius 3 is 2.37 bits per heavy atom. The van der Waals surface area contributed by atoms with Crippen LogP contribution in [0.5, 0.6) is 5.75 Å². The molecule has 0 spiro atoms. The first kappa shape index (κ1) is 24.3. The molecule has 30 heavy (non-hydrogen) atoms. The fourth-order valence-electron chi connectivity index (χ4n) is 2.68. The Morgan fingerprint density at radius 2 is 1.77 bits per heavy atom. The topological polar surface area (TPSA) is 58.6 Å². The quantitative estimate of drug-likeness (QED) is 0.591. The van der Waals surface area contributed by atoms with E-state index in [-0.39, 0.29) is 25.0 Å². The van der Waals surface area contributed by atoms with Crippen LogP contribution < -0.4 is 10.1 Å². The highest BCUT2D eigenvalue weighted by atomic mass is 35.5. The molecular weight excluding hydrogens is 447 g/mol. The van der Waals surface area contributed by atoms with Gasteiger partial charge in [0.2, 0.25) is 5.91 Å². The summed E-state index contributed by atoms with van der Waals surface area (Å²) in [5.41, 5.74) is 0.317. The monoisotopic (exact) mass is 470 g/mol. The van der Waals surface area contributed by atoms with Gasteiger partial charge in [-0.1, -0.05) is 46.9 Å². The largest absolute Gasteiger partial charge is 0.484 e. The Balaban J connectivity index is 2.20. The molecule has 5 nitrogen and oxygen atoms in total. The number of ether oxygens (including phenoxy) is 1. The summed E-state index contributed by atoms with van der Waals surface area (Å²) in [5.74, 6) is -0.145. The maximum absolute atomic E-state index is 13.0. The van der Waals surface area contributed by atoms with Crippen LogP contribution in [0.4, 0.5) is 0 Å². The molecule has 2 amide bonds. The van der Waals surface area contributed by atoms with Crippen molar-refractivity contribution in [3.8, 4) is 5.75 Å². The highest BCUT2D eigenvalue weighted by Crippen LogP contribution is 2.24. The fraction of sp³-hybridized carbons (Fsp3) is 0.364. The number of nitrogens with zero attached hydrogens (tertiary/aromatic N) is 1. The smallest absolute Gasteiger partial charge is 0.261 e. The number of nitrogens with one attached hydrogen (secondary N) is 1. The lowest BCUT2D eigenvalue weighted by Crippen LogP contribution is -2.53. The van der Waals surface area contributed by atoms with Crippen molar-refractivity contribution >= 4 is 46.6 Å². The lowest BCUT2D eigenvalue weighted by atomic mass is 10.1. The molecule has 0 bridgehead atoms. The van der Waals surface area contributed by atoms with Crippen LogP contribution in [0.1, 0.15) is 33.3 Å². The van der Waals surface area contributed by atoms with Gasteiger partial charge in [0.25, 0.3) is 5.91 Å². The van der Waals surface area contributed by atoms with E-state index in [0.29, 0.717) is 20.8 Å². The number of rotatable bonds is 7. The van der Waals surface area contributed by atoms with E-state index >= 15 is 0 Å². The van der Waals surface area contributed by atoms with Crippen LogP contribution in [-0.4, -0.2) is 34.9 Å². The van der Waals surface area contributed by atoms with Crippen LogP contribution in [0.25, 0.3) is 0 Å². The second-order valence-electron chi connectivity index (χ2n) is 7.93. The van der Waals surface area contributed by atoms with E-state index in [4.69, 9.17) is 39.5 Å². The zero-order chi connectivity index (χ0) is 22.5. The minimum Gasteiger partial charge on any atom is -0.484 e. The van der Waals surface area contributed by atoms with Crippen molar-refractivity contribution in [2.75, 3.05) is 6.61 Å². The Labute approximate surface area is 192 Å². The van der Waals surface area contributed by atoms with Crippen molar-refractivity contribution in [2.45, 2.75) is 45.8 Å². The summed E-state index contributed by atoms with van der Waals surface area (Å²) >= 11 is 18.1. The number of hydrogen-bond donors (Lipinski definition) is 1. The van der Waals surface area contributed by atoms with Gasteiger partial charge in [-0.05, 0) is 63.6 Å². The number of halogens is 3. The lowest BCUT2D eigenvalue weighted by molar-refractivity contribution is -0.142. The van der Waals surface area contributed by atoms with Crippen molar-refractivity contribution in [3.05, 3.63) is 63.1 Å². The molecule has 0 aliphatic carbocycles. The van der Waals surface area contributed by atoms with Crippen LogP contribution >= 0.6 is 34.8 Å². The normalized spacial score (nSPS) is 12.2. The van der Waals surface area contributed by atoms with E-state index in [0.717, 1.165) is 5.56 Å². The maximum Gasteiger partial charge on any atom is 0.261 e. The van der Waals surface area contributed by atoms with E-state index in [1.165, 1.54) is 4.90 Å². The average Bonchev–Trinajstić information content (AvgIpc) is 2.65. The molecule has 0 unspecified atom stereocenters. The van der Waals surface area contributed by atoms with Gasteiger partial charge in [0, 0.05) is 17.1 Å². The predicted molar refractivity (Wildman–Crippen MR) is 121 cm³/mol. The summed E-state index contributed by atoms with van der Waals surface area (Å²) in [6, 6.07) is 11.1. The standard InChI is InChI=1S/C22H25Cl3N2O3/c1-14(21(29)26-22(2,3)4)27(12-15-8-9-18(24)19(25)10-15)20(28)13-30-17-7-5-6-16(23)11-17/h5-11,14H,12-13H2,1-4H3,(H,26,29)/t14-/m1/s1. The lowest BCUT2D eigenvalue weighted by Gasteiger charge is -2.31. The first-order valence-electron chi connectivity index (χ1n) is 9.40. The van der Waals surface area contributed by atoms with Crippen molar-refractivity contribution < 1.29 is 14.3 Å². The Morgan fingerprint density at radius 1 is 1.07 bits per heavy atom. The summed E-state index contributed by atoms with van der Waals surface area (Å²) in [7, 11) is 0. The molecule has 2 aromatic rings. The minimum atomic E-state index is -0.728. The third kappa shape index (κ3) is 7.38. The highest BCUT2D eigenvalue weighted by Gasteiger charge is 2.28. The number of hydrogen-bond acceptors (Lipinski definition) is 3. The van der Waals surface area contributed by atoms with Gasteiger partial charge in [0.1, 0.15) is 11.8 Å². The molecule has 0 saturated carbocycles. The summed E-state index contributed by atoms with van der Waals surface area (Å²) < 4.78 is 5.59. The van der Waals surface area contributed by atoms with Gasteiger partial charge in [0.15, 0.2) is 6.61 Å². The van der Waals surface area contributed by atoms with E-state index in [9.17, 15) is 9.59 Å². The van der Waals surface area contributed by atoms with Crippen LogP contribution in [0.15, 0.2) is 42.5 Å². The van der Waals surface area contributed by atoms with Crippen molar-refractivity contribution in [2.24, 2.45) is 0 Å². The maximum atomic E-state index is 13.0. The summed E-state index contributed by atoms with van der Waals surface area (Å²) in [5, 5.41) is 4.20. The van der Waals surface area contributed by atoms with E-state index < -0.39 is 11.6 Å². The van der Waals surface area contributed by atoms with E-state index in [2.05, 4.69) is 5.32 Å². The second kappa shape index (κ2) is 10.4. The molecular formula is C22H25Cl3N2O3. The molecule has 0 heterocycles. The zero-order valence-electron chi connectivity index (χ0n) is 17.3. The zero-order valence-corrected chi connectivity index (χ0v) is 19.6. The van der Waals surface area contributed by atoms with Gasteiger partial charge in [-0.2, -0.15) is 0 Å². The summed E-state index contributed by atoms with van der Waals surface area (Å²) in [6.45, 7) is 7.25. The number of carbonyl (C=O) groups excluding carboxylic acids is 2. The Hall–Kier alpha value is -1.95. The molecule has 0 aliphatic rings. The molecule has 2 rings (SSSR count). The molecule has 8 heteroatoms. The fourth-order valence-corrected chi connectivity index (χ4v) is 3.18. The second-order valence-corrected chi connectivity index (χ2v) is 9.18. The van der Waals surface area contributed by atoms with Crippen LogP contribution in [0, 0.1) is 0 Å². The minimum absolute atomic E-state index is 0.174. The number of amides is 2. The number of carbonyl (C=O) groups is 2. The summed E-state index contributed by atoms with van der Waals surface area (Å²) in [4.78, 5) is 27.2. The Bertz CT molecular complexity index is 913.